The van der Waals surface area contributed by atoms with Gasteiger partial charge in [-0.15, -0.1) is 0 Å². The van der Waals surface area contributed by atoms with Crippen LogP contribution in [0.2, 0.25) is 0 Å². The van der Waals surface area contributed by atoms with Gasteiger partial charge >= 0.3 is 0 Å². The van der Waals surface area contributed by atoms with Crippen LogP contribution in [0.25, 0.3) is 0 Å². The largest absolute Gasteiger partial charge is 0.304 e. The third-order valence-electron chi connectivity index (χ3n) is 6.29. The molecule has 5 aromatic rings. The van der Waals surface area contributed by atoms with Crippen LogP contribution < -0.4 is 9.80 Å². The maximum Gasteiger partial charge on any atom is 0.0913 e. The molecule has 0 aliphatic carbocycles. The van der Waals surface area contributed by atoms with Crippen LogP contribution in [-0.4, -0.2) is 9.98 Å². The van der Waals surface area contributed by atoms with Crippen LogP contribution in [0.1, 0.15) is 11.1 Å². The summed E-state index contributed by atoms with van der Waals surface area (Å²) < 4.78 is 0. The maximum atomic E-state index is 5.99. The van der Waals surface area contributed by atoms with Gasteiger partial charge < -0.3 is 9.80 Å². The van der Waals surface area contributed by atoms with Crippen molar-refractivity contribution in [3.8, 4) is 0 Å². The van der Waals surface area contributed by atoms with Crippen LogP contribution >= 0.6 is 24.4 Å². The highest BCUT2D eigenvalue weighted by Crippen LogP contribution is 2.32. The summed E-state index contributed by atoms with van der Waals surface area (Å²) in [5.74, 6) is 0. The van der Waals surface area contributed by atoms with Crippen molar-refractivity contribution < 1.29 is 0 Å². The molecule has 0 saturated carbocycles. The van der Waals surface area contributed by atoms with Crippen LogP contribution in [0.5, 0.6) is 0 Å². The van der Waals surface area contributed by atoms with E-state index in [0.717, 1.165) is 32.7 Å². The first kappa shape index (κ1) is 25.5. The lowest BCUT2D eigenvalue weighted by molar-refractivity contribution is 1.24. The second-order valence-corrected chi connectivity index (χ2v) is 9.91. The highest BCUT2D eigenvalue weighted by molar-refractivity contribution is 7.80. The van der Waals surface area contributed by atoms with Crippen LogP contribution in [-0.2, 0) is 12.8 Å². The van der Waals surface area contributed by atoms with E-state index in [1.165, 1.54) is 11.1 Å². The van der Waals surface area contributed by atoms with Crippen LogP contribution in [0.3, 0.4) is 0 Å². The molecule has 0 N–H and O–H groups in total. The van der Waals surface area contributed by atoms with Crippen LogP contribution in [0.4, 0.5) is 22.7 Å². The number of rotatable bonds is 8. The minimum absolute atomic E-state index is 0.685. The first-order valence-electron chi connectivity index (χ1n) is 12.6. The van der Waals surface area contributed by atoms with Gasteiger partial charge in [-0.3, -0.25) is 0 Å². The van der Waals surface area contributed by atoms with Gasteiger partial charge in [0.05, 0.1) is 9.98 Å². The molecule has 0 radical (unpaired) electrons. The zero-order valence-electron chi connectivity index (χ0n) is 21.0. The summed E-state index contributed by atoms with van der Waals surface area (Å²) in [4.78, 5) is 5.99. The molecule has 0 bridgehead atoms. The van der Waals surface area contributed by atoms with Gasteiger partial charge in [-0.05, 0) is 59.7 Å². The molecule has 0 unspecified atom stereocenters. The van der Waals surface area contributed by atoms with Crippen molar-refractivity contribution in [1.29, 1.82) is 0 Å². The standard InChI is InChI=1S/C34H28N2S2/c37-33(25-27-13-5-1-6-14-27)35(29-17-9-3-10-18-29)31-21-23-32(24-22-31)36(30-19-11-4-12-20-30)34(38)26-28-15-7-2-8-16-28/h1-24H,25-26H2. The lowest BCUT2D eigenvalue weighted by Crippen LogP contribution is -2.27. The quantitative estimate of drug-likeness (QED) is 0.185. The predicted octanol–water partition coefficient (Wildman–Crippen LogP) is 9.10. The summed E-state index contributed by atoms with van der Waals surface area (Å²) in [6, 6.07) is 49.8. The monoisotopic (exact) mass is 528 g/mol. The SMILES string of the molecule is S=C(Cc1ccccc1)N(c1ccccc1)c1ccc(N(C(=S)Cc2ccccc2)c2ccccc2)cc1. The molecule has 0 fully saturated rings. The van der Waals surface area contributed by atoms with Gasteiger partial charge in [0, 0.05) is 35.6 Å². The van der Waals surface area contributed by atoms with Gasteiger partial charge in [-0.25, -0.2) is 0 Å². The van der Waals surface area contributed by atoms with Gasteiger partial charge in [0.1, 0.15) is 0 Å². The third-order valence-corrected chi connectivity index (χ3v) is 6.94. The van der Waals surface area contributed by atoms with E-state index in [4.69, 9.17) is 24.4 Å². The molecule has 38 heavy (non-hydrogen) atoms. The van der Waals surface area contributed by atoms with E-state index < -0.39 is 0 Å². The van der Waals surface area contributed by atoms with E-state index in [1.54, 1.807) is 0 Å². The van der Waals surface area contributed by atoms with Gasteiger partial charge in [-0.2, -0.15) is 0 Å². The molecule has 0 aromatic heterocycles. The Hall–Kier alpha value is -4.12. The van der Waals surface area contributed by atoms with E-state index in [-0.39, 0.29) is 0 Å². The van der Waals surface area contributed by atoms with Crippen molar-refractivity contribution in [3.63, 3.8) is 0 Å². The fourth-order valence-corrected chi connectivity index (χ4v) is 5.23. The topological polar surface area (TPSA) is 6.48 Å². The van der Waals surface area contributed by atoms with Crippen LogP contribution in [0.15, 0.2) is 146 Å². The lowest BCUT2D eigenvalue weighted by Gasteiger charge is -2.28. The van der Waals surface area contributed by atoms with E-state index in [1.807, 2.05) is 48.5 Å². The fourth-order valence-electron chi connectivity index (χ4n) is 4.48. The Morgan fingerprint density at radius 3 is 0.947 bits per heavy atom. The summed E-state index contributed by atoms with van der Waals surface area (Å²) >= 11 is 12.0. The van der Waals surface area contributed by atoms with Crippen molar-refractivity contribution >= 4 is 57.2 Å². The number of hydrogen-bond donors (Lipinski definition) is 0. The van der Waals surface area contributed by atoms with E-state index in [9.17, 15) is 0 Å². The zero-order valence-corrected chi connectivity index (χ0v) is 22.6. The van der Waals surface area contributed by atoms with Gasteiger partial charge in [-0.1, -0.05) is 121 Å². The van der Waals surface area contributed by atoms with Crippen molar-refractivity contribution in [1.82, 2.24) is 0 Å². The average molecular weight is 529 g/mol. The summed E-state index contributed by atoms with van der Waals surface area (Å²) in [6.45, 7) is 0. The summed E-state index contributed by atoms with van der Waals surface area (Å²) in [5, 5.41) is 0. The van der Waals surface area contributed by atoms with Gasteiger partial charge in [0.15, 0.2) is 0 Å². The van der Waals surface area contributed by atoms with E-state index in [2.05, 4.69) is 107 Å². The molecular formula is C34H28N2S2. The Balaban J connectivity index is 1.47. The molecule has 0 aliphatic rings. The second kappa shape index (κ2) is 12.4. The Kier molecular flexibility index (Phi) is 8.34. The van der Waals surface area contributed by atoms with Crippen molar-refractivity contribution in [2.45, 2.75) is 12.8 Å². The fraction of sp³-hybridized carbons (Fsp3) is 0.0588. The van der Waals surface area contributed by atoms with Crippen LogP contribution in [0, 0.1) is 0 Å². The zero-order chi connectivity index (χ0) is 26.2. The number of hydrogen-bond acceptors (Lipinski definition) is 2. The number of benzene rings is 5. The molecule has 5 rings (SSSR count). The predicted molar refractivity (Wildman–Crippen MR) is 169 cm³/mol. The highest BCUT2D eigenvalue weighted by atomic mass is 32.1. The first-order chi connectivity index (χ1) is 18.7. The maximum absolute atomic E-state index is 5.99. The van der Waals surface area contributed by atoms with Crippen molar-refractivity contribution in [2.24, 2.45) is 0 Å². The molecule has 0 spiro atoms. The second-order valence-electron chi connectivity index (χ2n) is 8.97. The lowest BCUT2D eigenvalue weighted by atomic mass is 10.1. The minimum atomic E-state index is 0.685. The third kappa shape index (κ3) is 6.23. The molecule has 0 atom stereocenters. The molecule has 0 amide bonds. The number of thiocarbonyl (C=S) groups is 2. The van der Waals surface area contributed by atoms with Crippen molar-refractivity contribution in [3.05, 3.63) is 157 Å². The first-order valence-corrected chi connectivity index (χ1v) is 13.4. The average Bonchev–Trinajstić information content (AvgIpc) is 2.96. The molecule has 5 aromatic carbocycles. The molecular weight excluding hydrogens is 501 g/mol. The van der Waals surface area contributed by atoms with Gasteiger partial charge in [0.2, 0.25) is 0 Å². The van der Waals surface area contributed by atoms with E-state index >= 15 is 0 Å². The molecule has 0 aliphatic heterocycles. The Labute approximate surface area is 235 Å². The number of anilines is 4. The van der Waals surface area contributed by atoms with E-state index in [0.29, 0.717) is 12.8 Å². The highest BCUT2D eigenvalue weighted by Gasteiger charge is 2.18. The van der Waals surface area contributed by atoms with Crippen molar-refractivity contribution in [2.75, 3.05) is 9.80 Å². The minimum Gasteiger partial charge on any atom is -0.304 e. The Morgan fingerprint density at radius 2 is 0.632 bits per heavy atom. The van der Waals surface area contributed by atoms with Gasteiger partial charge in [0.25, 0.3) is 0 Å². The Bertz CT molecular complexity index is 1350. The molecule has 4 heteroatoms. The molecule has 0 saturated heterocycles. The normalized spacial score (nSPS) is 10.5. The molecule has 0 heterocycles. The number of nitrogens with zero attached hydrogens (tertiary/aromatic N) is 2. The smallest absolute Gasteiger partial charge is 0.0913 e. The molecule has 186 valence electrons. The summed E-state index contributed by atoms with van der Waals surface area (Å²) in [6.07, 6.45) is 1.37. The summed E-state index contributed by atoms with van der Waals surface area (Å²) in [5.41, 5.74) is 6.50. The summed E-state index contributed by atoms with van der Waals surface area (Å²) in [7, 11) is 0. The molecule has 2 nitrogen and oxygen atoms in total. The number of para-hydroxylation sites is 2. The Morgan fingerprint density at radius 1 is 0.368 bits per heavy atom.